The van der Waals surface area contributed by atoms with Gasteiger partial charge < -0.3 is 9.30 Å². The van der Waals surface area contributed by atoms with Gasteiger partial charge in [0.15, 0.2) is 0 Å². The van der Waals surface area contributed by atoms with Crippen LogP contribution in [0.1, 0.15) is 5.69 Å². The Kier molecular flexibility index (Phi) is 3.93. The molecular formula is C18H18ClN4. The van der Waals surface area contributed by atoms with Gasteiger partial charge in [-0.1, -0.05) is 29.8 Å². The lowest BCUT2D eigenvalue weighted by atomic mass is 10.2. The van der Waals surface area contributed by atoms with Crippen molar-refractivity contribution < 1.29 is 0 Å². The molecule has 2 aromatic heterocycles. The van der Waals surface area contributed by atoms with Crippen LogP contribution >= 0.6 is 11.6 Å². The topological polar surface area (TPSA) is 23.8 Å². The van der Waals surface area contributed by atoms with Crippen molar-refractivity contribution in [2.75, 3.05) is 31.1 Å². The molecule has 0 atom stereocenters. The number of para-hydroxylation sites is 1. The summed E-state index contributed by atoms with van der Waals surface area (Å²) in [7, 11) is 0. The zero-order chi connectivity index (χ0) is 15.6. The standard InChI is InChI=1S/C18H18ClN4/c19-15-6-7-18-20-16(14-23(18)12-15)13-21-8-10-22(11-9-21)17-4-2-1-3-5-17/h1-4,6-7,12,14H,8-11,13H2. The summed E-state index contributed by atoms with van der Waals surface area (Å²) in [5, 5.41) is 0.731. The Morgan fingerprint density at radius 3 is 2.70 bits per heavy atom. The third-order valence-electron chi connectivity index (χ3n) is 4.26. The number of fused-ring (bicyclic) bond motifs is 1. The minimum Gasteiger partial charge on any atom is -0.368 e. The van der Waals surface area contributed by atoms with Gasteiger partial charge in [0, 0.05) is 56.9 Å². The van der Waals surface area contributed by atoms with E-state index in [2.05, 4.69) is 39.2 Å². The van der Waals surface area contributed by atoms with Gasteiger partial charge in [0.2, 0.25) is 0 Å². The first-order chi connectivity index (χ1) is 11.3. The maximum absolute atomic E-state index is 6.03. The molecule has 0 bridgehead atoms. The number of benzene rings is 1. The molecule has 117 valence electrons. The molecule has 0 unspecified atom stereocenters. The average Bonchev–Trinajstić information content (AvgIpc) is 2.97. The van der Waals surface area contributed by atoms with Crippen molar-refractivity contribution in [1.82, 2.24) is 14.3 Å². The van der Waals surface area contributed by atoms with E-state index >= 15 is 0 Å². The molecule has 0 saturated carbocycles. The van der Waals surface area contributed by atoms with E-state index in [1.54, 1.807) is 0 Å². The highest BCUT2D eigenvalue weighted by Crippen LogP contribution is 2.17. The summed E-state index contributed by atoms with van der Waals surface area (Å²) in [4.78, 5) is 9.50. The zero-order valence-electron chi connectivity index (χ0n) is 12.8. The molecule has 3 aromatic rings. The highest BCUT2D eigenvalue weighted by molar-refractivity contribution is 6.30. The SMILES string of the molecule is Clc1ccc2nc(CN3CCN(c4[c]cccc4)CC3)cn2c1. The normalized spacial score (nSPS) is 16.1. The number of imidazole rings is 1. The van der Waals surface area contributed by atoms with Crippen LogP contribution in [0.5, 0.6) is 0 Å². The highest BCUT2D eigenvalue weighted by Gasteiger charge is 2.18. The second-order valence-corrected chi connectivity index (χ2v) is 6.29. The van der Waals surface area contributed by atoms with Gasteiger partial charge in [-0.05, 0) is 18.2 Å². The second kappa shape index (κ2) is 6.22. The van der Waals surface area contributed by atoms with Crippen molar-refractivity contribution in [2.24, 2.45) is 0 Å². The number of aromatic nitrogens is 2. The number of hydrogen-bond donors (Lipinski definition) is 0. The Hall–Kier alpha value is -2.04. The van der Waals surface area contributed by atoms with Crippen molar-refractivity contribution in [1.29, 1.82) is 0 Å². The molecule has 1 fully saturated rings. The Bertz CT molecular complexity index is 791. The highest BCUT2D eigenvalue weighted by atomic mass is 35.5. The van der Waals surface area contributed by atoms with E-state index in [0.717, 1.165) is 49.1 Å². The van der Waals surface area contributed by atoms with E-state index in [4.69, 9.17) is 11.6 Å². The first-order valence-corrected chi connectivity index (χ1v) is 8.23. The number of nitrogens with zero attached hydrogens (tertiary/aromatic N) is 4. The Balaban J connectivity index is 1.40. The molecule has 3 heterocycles. The first-order valence-electron chi connectivity index (χ1n) is 7.85. The summed E-state index contributed by atoms with van der Waals surface area (Å²) >= 11 is 6.03. The maximum Gasteiger partial charge on any atom is 0.137 e. The fourth-order valence-electron chi connectivity index (χ4n) is 3.05. The molecule has 1 radical (unpaired) electrons. The minimum atomic E-state index is 0.731. The Morgan fingerprint density at radius 2 is 1.91 bits per heavy atom. The van der Waals surface area contributed by atoms with E-state index in [1.807, 2.05) is 34.9 Å². The summed E-state index contributed by atoms with van der Waals surface area (Å²) in [6.07, 6.45) is 3.97. The molecule has 1 aliphatic heterocycles. The fourth-order valence-corrected chi connectivity index (χ4v) is 3.22. The molecular weight excluding hydrogens is 308 g/mol. The molecule has 1 aliphatic rings. The Morgan fingerprint density at radius 1 is 1.04 bits per heavy atom. The van der Waals surface area contributed by atoms with Crippen molar-refractivity contribution in [2.45, 2.75) is 6.54 Å². The van der Waals surface area contributed by atoms with Gasteiger partial charge in [0.1, 0.15) is 5.65 Å². The number of halogens is 1. The van der Waals surface area contributed by atoms with Crippen molar-refractivity contribution in [3.63, 3.8) is 0 Å². The molecule has 4 nitrogen and oxygen atoms in total. The van der Waals surface area contributed by atoms with Crippen LogP contribution in [-0.4, -0.2) is 40.5 Å². The van der Waals surface area contributed by atoms with Crippen LogP contribution in [0.25, 0.3) is 5.65 Å². The number of pyridine rings is 1. The number of rotatable bonds is 3. The van der Waals surface area contributed by atoms with E-state index in [0.29, 0.717) is 0 Å². The average molecular weight is 326 g/mol. The van der Waals surface area contributed by atoms with Gasteiger partial charge in [0.25, 0.3) is 0 Å². The van der Waals surface area contributed by atoms with Gasteiger partial charge >= 0.3 is 0 Å². The maximum atomic E-state index is 6.03. The number of hydrogen-bond acceptors (Lipinski definition) is 3. The molecule has 0 aliphatic carbocycles. The summed E-state index contributed by atoms with van der Waals surface area (Å²) in [6, 6.07) is 15.3. The van der Waals surface area contributed by atoms with Crippen molar-refractivity contribution in [3.8, 4) is 0 Å². The van der Waals surface area contributed by atoms with Crippen LogP contribution in [0.15, 0.2) is 48.8 Å². The predicted molar refractivity (Wildman–Crippen MR) is 93.0 cm³/mol. The van der Waals surface area contributed by atoms with E-state index in [-0.39, 0.29) is 0 Å². The molecule has 0 spiro atoms. The second-order valence-electron chi connectivity index (χ2n) is 5.86. The lowest BCUT2D eigenvalue weighted by Crippen LogP contribution is -2.46. The van der Waals surface area contributed by atoms with Gasteiger partial charge in [0.05, 0.1) is 10.7 Å². The van der Waals surface area contributed by atoms with Gasteiger partial charge in [-0.15, -0.1) is 0 Å². The minimum absolute atomic E-state index is 0.731. The molecule has 4 rings (SSSR count). The third-order valence-corrected chi connectivity index (χ3v) is 4.48. The van der Waals surface area contributed by atoms with Crippen LogP contribution in [0, 0.1) is 6.07 Å². The number of piperazine rings is 1. The fraction of sp³-hybridized carbons (Fsp3) is 0.278. The lowest BCUT2D eigenvalue weighted by Gasteiger charge is -2.35. The zero-order valence-corrected chi connectivity index (χ0v) is 13.6. The molecule has 1 aromatic carbocycles. The predicted octanol–water partition coefficient (Wildman–Crippen LogP) is 3.11. The van der Waals surface area contributed by atoms with Crippen molar-refractivity contribution >= 4 is 22.9 Å². The van der Waals surface area contributed by atoms with E-state index in [9.17, 15) is 0 Å². The molecule has 0 amide bonds. The molecule has 5 heteroatoms. The monoisotopic (exact) mass is 325 g/mol. The first kappa shape index (κ1) is 14.5. The van der Waals surface area contributed by atoms with Gasteiger partial charge in [-0.2, -0.15) is 0 Å². The van der Waals surface area contributed by atoms with Crippen LogP contribution in [-0.2, 0) is 6.54 Å². The van der Waals surface area contributed by atoms with Gasteiger partial charge in [-0.25, -0.2) is 4.98 Å². The van der Waals surface area contributed by atoms with Gasteiger partial charge in [-0.3, -0.25) is 4.90 Å². The summed E-state index contributed by atoms with van der Waals surface area (Å²) in [5.41, 5.74) is 3.23. The smallest absolute Gasteiger partial charge is 0.137 e. The molecule has 23 heavy (non-hydrogen) atoms. The molecule has 1 saturated heterocycles. The van der Waals surface area contributed by atoms with E-state index in [1.165, 1.54) is 5.69 Å². The summed E-state index contributed by atoms with van der Waals surface area (Å²) in [5.74, 6) is 0. The quantitative estimate of drug-likeness (QED) is 0.739. The van der Waals surface area contributed by atoms with Crippen LogP contribution in [0.4, 0.5) is 5.69 Å². The van der Waals surface area contributed by atoms with Crippen molar-refractivity contribution in [3.05, 3.63) is 65.6 Å². The summed E-state index contributed by atoms with van der Waals surface area (Å²) < 4.78 is 1.99. The molecule has 0 N–H and O–H groups in total. The van der Waals surface area contributed by atoms with E-state index < -0.39 is 0 Å². The van der Waals surface area contributed by atoms with Crippen LogP contribution in [0.2, 0.25) is 5.02 Å². The Labute approximate surface area is 140 Å². The third kappa shape index (κ3) is 3.19. The largest absolute Gasteiger partial charge is 0.368 e. The summed E-state index contributed by atoms with van der Waals surface area (Å²) in [6.45, 7) is 5.01. The van der Waals surface area contributed by atoms with Crippen LogP contribution in [0.3, 0.4) is 0 Å². The lowest BCUT2D eigenvalue weighted by molar-refractivity contribution is 0.247. The number of anilines is 1. The van der Waals surface area contributed by atoms with Crippen LogP contribution < -0.4 is 4.90 Å².